The quantitative estimate of drug-likeness (QED) is 0.514. The maximum Gasteiger partial charge on any atom is 0.164 e. The summed E-state index contributed by atoms with van der Waals surface area (Å²) in [5, 5.41) is 19.1. The second-order valence-electron chi connectivity index (χ2n) is 3.93. The van der Waals surface area contributed by atoms with Crippen molar-refractivity contribution in [2.45, 2.75) is 44.1 Å². The van der Waals surface area contributed by atoms with Crippen LogP contribution in [0, 0.1) is 0 Å². The lowest BCUT2D eigenvalue weighted by Crippen LogP contribution is -2.44. The Morgan fingerprint density at radius 3 is 1.77 bits per heavy atom. The molecule has 0 amide bonds. The zero-order chi connectivity index (χ0) is 9.64. The SMILES string of the molecule is CC1(C)O[C@H]2[C@H](O1)[C@@H](O)C=C[C@@H]2O. The van der Waals surface area contributed by atoms with E-state index in [-0.39, 0.29) is 0 Å². The molecule has 2 N–H and O–H groups in total. The van der Waals surface area contributed by atoms with Crippen molar-refractivity contribution in [3.63, 3.8) is 0 Å². The van der Waals surface area contributed by atoms with Gasteiger partial charge >= 0.3 is 0 Å². The van der Waals surface area contributed by atoms with Gasteiger partial charge in [-0.15, -0.1) is 0 Å². The zero-order valence-electron chi connectivity index (χ0n) is 7.68. The van der Waals surface area contributed by atoms with Gasteiger partial charge in [-0.05, 0) is 13.8 Å². The normalized spacial score (nSPS) is 47.7. The lowest BCUT2D eigenvalue weighted by atomic mass is 9.97. The molecule has 0 unspecified atom stereocenters. The van der Waals surface area contributed by atoms with Gasteiger partial charge in [0.2, 0.25) is 0 Å². The van der Waals surface area contributed by atoms with Gasteiger partial charge in [0.05, 0.1) is 0 Å². The summed E-state index contributed by atoms with van der Waals surface area (Å²) in [6.07, 6.45) is 0.808. The molecule has 4 heteroatoms. The third-order valence-corrected chi connectivity index (χ3v) is 2.34. The fourth-order valence-electron chi connectivity index (χ4n) is 1.79. The molecule has 1 aliphatic carbocycles. The maximum absolute atomic E-state index is 9.53. The first kappa shape index (κ1) is 9.15. The third kappa shape index (κ3) is 1.50. The molecule has 0 aromatic rings. The molecule has 1 saturated heterocycles. The second-order valence-corrected chi connectivity index (χ2v) is 3.93. The Balaban J connectivity index is 2.21. The van der Waals surface area contributed by atoms with E-state index in [1.807, 2.05) is 0 Å². The summed E-state index contributed by atoms with van der Waals surface area (Å²) in [6.45, 7) is 3.54. The van der Waals surface area contributed by atoms with Crippen molar-refractivity contribution in [2.75, 3.05) is 0 Å². The highest BCUT2D eigenvalue weighted by Crippen LogP contribution is 2.34. The van der Waals surface area contributed by atoms with E-state index in [9.17, 15) is 10.2 Å². The number of hydrogen-bond acceptors (Lipinski definition) is 4. The van der Waals surface area contributed by atoms with Gasteiger partial charge in [0.15, 0.2) is 5.79 Å². The second kappa shape index (κ2) is 2.78. The zero-order valence-corrected chi connectivity index (χ0v) is 7.68. The molecule has 0 aromatic heterocycles. The molecule has 0 spiro atoms. The molecule has 4 nitrogen and oxygen atoms in total. The van der Waals surface area contributed by atoms with Crippen LogP contribution in [0.5, 0.6) is 0 Å². The summed E-state index contributed by atoms with van der Waals surface area (Å²) in [6, 6.07) is 0. The van der Waals surface area contributed by atoms with Gasteiger partial charge < -0.3 is 19.7 Å². The van der Waals surface area contributed by atoms with E-state index >= 15 is 0 Å². The Labute approximate surface area is 76.8 Å². The molecule has 74 valence electrons. The molecular weight excluding hydrogens is 172 g/mol. The van der Waals surface area contributed by atoms with Crippen LogP contribution in [0.15, 0.2) is 12.2 Å². The summed E-state index contributed by atoms with van der Waals surface area (Å²) in [5.41, 5.74) is 0. The van der Waals surface area contributed by atoms with Crippen LogP contribution in [0.25, 0.3) is 0 Å². The number of rotatable bonds is 0. The highest BCUT2D eigenvalue weighted by Gasteiger charge is 2.48. The summed E-state index contributed by atoms with van der Waals surface area (Å²) >= 11 is 0. The van der Waals surface area contributed by atoms with Crippen LogP contribution >= 0.6 is 0 Å². The summed E-state index contributed by atoms with van der Waals surface area (Å²) in [4.78, 5) is 0. The predicted octanol–water partition coefficient (Wildman–Crippen LogP) is -0.202. The minimum Gasteiger partial charge on any atom is -0.386 e. The Morgan fingerprint density at radius 2 is 1.38 bits per heavy atom. The number of aliphatic hydroxyl groups is 2. The van der Waals surface area contributed by atoms with Crippen LogP contribution in [0.1, 0.15) is 13.8 Å². The standard InChI is InChI=1S/C9H14O4/c1-9(2)12-7-5(10)3-4-6(11)8(7)13-9/h3-8,10-11H,1-2H3/t5-,6-,7+,8+/m0/s1. The first-order chi connectivity index (χ1) is 5.99. The average molecular weight is 186 g/mol. The van der Waals surface area contributed by atoms with E-state index in [2.05, 4.69) is 0 Å². The number of hydrogen-bond donors (Lipinski definition) is 2. The summed E-state index contributed by atoms with van der Waals surface area (Å²) in [5.74, 6) is -0.719. The molecule has 4 atom stereocenters. The largest absolute Gasteiger partial charge is 0.386 e. The van der Waals surface area contributed by atoms with Gasteiger partial charge in [0, 0.05) is 0 Å². The highest BCUT2D eigenvalue weighted by molar-refractivity contribution is 5.10. The van der Waals surface area contributed by atoms with Crippen molar-refractivity contribution < 1.29 is 19.7 Å². The van der Waals surface area contributed by atoms with Gasteiger partial charge in [0.1, 0.15) is 24.4 Å². The first-order valence-corrected chi connectivity index (χ1v) is 4.40. The van der Waals surface area contributed by atoms with Crippen LogP contribution in [-0.4, -0.2) is 40.4 Å². The van der Waals surface area contributed by atoms with Crippen molar-refractivity contribution in [1.29, 1.82) is 0 Å². The average Bonchev–Trinajstić information content (AvgIpc) is 2.35. The van der Waals surface area contributed by atoms with E-state index in [0.717, 1.165) is 0 Å². The molecule has 0 radical (unpaired) electrons. The van der Waals surface area contributed by atoms with Crippen LogP contribution in [0.4, 0.5) is 0 Å². The molecule has 2 rings (SSSR count). The topological polar surface area (TPSA) is 58.9 Å². The lowest BCUT2D eigenvalue weighted by molar-refractivity contribution is -0.155. The Bertz CT molecular complexity index is 214. The maximum atomic E-state index is 9.53. The first-order valence-electron chi connectivity index (χ1n) is 4.40. The van der Waals surface area contributed by atoms with Crippen LogP contribution in [-0.2, 0) is 9.47 Å². The molecule has 0 bridgehead atoms. The lowest BCUT2D eigenvalue weighted by Gasteiger charge is -2.26. The van der Waals surface area contributed by atoms with Crippen LogP contribution in [0.2, 0.25) is 0 Å². The van der Waals surface area contributed by atoms with Gasteiger partial charge in [-0.1, -0.05) is 12.2 Å². The van der Waals surface area contributed by atoms with Crippen molar-refractivity contribution in [2.24, 2.45) is 0 Å². The number of aliphatic hydroxyl groups excluding tert-OH is 2. The number of ether oxygens (including phenoxy) is 2. The van der Waals surface area contributed by atoms with Gasteiger partial charge in [-0.2, -0.15) is 0 Å². The van der Waals surface area contributed by atoms with Gasteiger partial charge in [-0.3, -0.25) is 0 Å². The Hall–Kier alpha value is -0.420. The fourth-order valence-corrected chi connectivity index (χ4v) is 1.79. The fraction of sp³-hybridized carbons (Fsp3) is 0.778. The Morgan fingerprint density at radius 1 is 1.00 bits per heavy atom. The van der Waals surface area contributed by atoms with E-state index in [0.29, 0.717) is 0 Å². The molecule has 0 saturated carbocycles. The third-order valence-electron chi connectivity index (χ3n) is 2.34. The predicted molar refractivity (Wildman–Crippen MR) is 45.0 cm³/mol. The van der Waals surface area contributed by atoms with Crippen LogP contribution < -0.4 is 0 Å². The molecule has 2 aliphatic rings. The molecule has 1 heterocycles. The minimum absolute atomic E-state index is 0.449. The Kier molecular flexibility index (Phi) is 1.96. The smallest absolute Gasteiger partial charge is 0.164 e. The van der Waals surface area contributed by atoms with Crippen molar-refractivity contribution >= 4 is 0 Å². The van der Waals surface area contributed by atoms with Crippen molar-refractivity contribution in [3.8, 4) is 0 Å². The minimum atomic E-state index is -0.719. The summed E-state index contributed by atoms with van der Waals surface area (Å²) < 4.78 is 10.9. The van der Waals surface area contributed by atoms with E-state index < -0.39 is 30.2 Å². The van der Waals surface area contributed by atoms with E-state index in [1.54, 1.807) is 13.8 Å². The van der Waals surface area contributed by atoms with Gasteiger partial charge in [-0.25, -0.2) is 0 Å². The van der Waals surface area contributed by atoms with E-state index in [4.69, 9.17) is 9.47 Å². The number of fused-ring (bicyclic) bond motifs is 1. The van der Waals surface area contributed by atoms with Crippen LogP contribution in [0.3, 0.4) is 0 Å². The molecule has 13 heavy (non-hydrogen) atoms. The molecular formula is C9H14O4. The molecule has 0 aromatic carbocycles. The highest BCUT2D eigenvalue weighted by atomic mass is 16.8. The monoisotopic (exact) mass is 186 g/mol. The van der Waals surface area contributed by atoms with Gasteiger partial charge in [0.25, 0.3) is 0 Å². The van der Waals surface area contributed by atoms with E-state index in [1.165, 1.54) is 12.2 Å². The molecule has 1 aliphatic heterocycles. The van der Waals surface area contributed by atoms with Crippen molar-refractivity contribution in [1.82, 2.24) is 0 Å². The van der Waals surface area contributed by atoms with Crippen molar-refractivity contribution in [3.05, 3.63) is 12.2 Å². The summed E-state index contributed by atoms with van der Waals surface area (Å²) in [7, 11) is 0. The molecule has 1 fully saturated rings.